The van der Waals surface area contributed by atoms with Crippen molar-refractivity contribution in [3.8, 4) is 11.5 Å². The molecule has 0 N–H and O–H groups in total. The molecule has 3 rings (SSSR count). The van der Waals surface area contributed by atoms with Gasteiger partial charge in [-0.2, -0.15) is 0 Å². The predicted molar refractivity (Wildman–Crippen MR) is 77.3 cm³/mol. The number of fused-ring (bicyclic) bond motifs is 1. The van der Waals surface area contributed by atoms with E-state index in [1.165, 1.54) is 0 Å². The Morgan fingerprint density at radius 1 is 1.21 bits per heavy atom. The van der Waals surface area contributed by atoms with Crippen LogP contribution in [0.15, 0.2) is 34.9 Å². The van der Waals surface area contributed by atoms with Crippen molar-refractivity contribution >= 4 is 27.4 Å². The third-order valence-electron chi connectivity index (χ3n) is 3.08. The van der Waals surface area contributed by atoms with Crippen LogP contribution < -0.4 is 14.4 Å². The second-order valence-electron chi connectivity index (χ2n) is 4.39. The molecule has 0 bridgehead atoms. The summed E-state index contributed by atoms with van der Waals surface area (Å²) >= 11 is 3.42. The fourth-order valence-corrected chi connectivity index (χ4v) is 2.55. The van der Waals surface area contributed by atoms with E-state index in [1.54, 1.807) is 6.20 Å². The van der Waals surface area contributed by atoms with Crippen molar-refractivity contribution in [2.24, 2.45) is 0 Å². The maximum atomic E-state index is 5.40. The maximum Gasteiger partial charge on any atom is 0.231 e. The van der Waals surface area contributed by atoms with Gasteiger partial charge >= 0.3 is 0 Å². The third kappa shape index (κ3) is 2.26. The number of benzene rings is 1. The zero-order chi connectivity index (χ0) is 13.4. The van der Waals surface area contributed by atoms with E-state index < -0.39 is 0 Å². The average molecular weight is 321 g/mol. The van der Waals surface area contributed by atoms with Crippen molar-refractivity contribution in [3.05, 3.63) is 40.5 Å². The van der Waals surface area contributed by atoms with Crippen LogP contribution >= 0.6 is 15.9 Å². The highest BCUT2D eigenvalue weighted by atomic mass is 79.9. The Labute approximate surface area is 120 Å². The number of hydrogen-bond acceptors (Lipinski definition) is 4. The number of halogens is 1. The predicted octanol–water partition coefficient (Wildman–Crippen LogP) is 3.65. The number of nitrogens with zero attached hydrogens (tertiary/aromatic N) is 2. The number of anilines is 2. The summed E-state index contributed by atoms with van der Waals surface area (Å²) in [6.45, 7) is 2.33. The molecule has 0 amide bonds. The van der Waals surface area contributed by atoms with E-state index >= 15 is 0 Å². The largest absolute Gasteiger partial charge is 0.454 e. The van der Waals surface area contributed by atoms with Gasteiger partial charge in [-0.05, 0) is 46.6 Å². The normalized spacial score (nSPS) is 12.6. The second-order valence-corrected chi connectivity index (χ2v) is 5.31. The number of rotatable bonds is 2. The van der Waals surface area contributed by atoms with Gasteiger partial charge in [-0.15, -0.1) is 0 Å². The summed E-state index contributed by atoms with van der Waals surface area (Å²) in [4.78, 5) is 6.49. The van der Waals surface area contributed by atoms with Crippen LogP contribution in [0.3, 0.4) is 0 Å². The molecule has 0 saturated heterocycles. The van der Waals surface area contributed by atoms with E-state index in [1.807, 2.05) is 43.1 Å². The van der Waals surface area contributed by atoms with Crippen molar-refractivity contribution in [2.75, 3.05) is 18.7 Å². The molecule has 2 heterocycles. The molecule has 1 aromatic carbocycles. The number of ether oxygens (including phenoxy) is 2. The summed E-state index contributed by atoms with van der Waals surface area (Å²) in [6.07, 6.45) is 1.80. The first-order chi connectivity index (χ1) is 9.15. The van der Waals surface area contributed by atoms with E-state index in [-0.39, 0.29) is 6.79 Å². The fourth-order valence-electron chi connectivity index (χ4n) is 2.10. The first-order valence-electron chi connectivity index (χ1n) is 5.90. The topological polar surface area (TPSA) is 34.6 Å². The van der Waals surface area contributed by atoms with Crippen LogP contribution in [0.2, 0.25) is 0 Å². The van der Waals surface area contributed by atoms with E-state index in [2.05, 4.69) is 20.9 Å². The van der Waals surface area contributed by atoms with Crippen molar-refractivity contribution in [3.63, 3.8) is 0 Å². The van der Waals surface area contributed by atoms with Crippen molar-refractivity contribution in [1.82, 2.24) is 4.98 Å². The lowest BCUT2D eigenvalue weighted by atomic mass is 10.2. The summed E-state index contributed by atoms with van der Waals surface area (Å²) in [5.41, 5.74) is 2.12. The molecule has 2 aromatic rings. The number of aryl methyl sites for hydroxylation is 1. The van der Waals surface area contributed by atoms with Gasteiger partial charge in [-0.1, -0.05) is 0 Å². The van der Waals surface area contributed by atoms with Crippen LogP contribution in [-0.4, -0.2) is 18.8 Å². The van der Waals surface area contributed by atoms with Gasteiger partial charge in [0.05, 0.1) is 0 Å². The lowest BCUT2D eigenvalue weighted by Crippen LogP contribution is -2.12. The monoisotopic (exact) mass is 320 g/mol. The Bertz CT molecular complexity index is 631. The lowest BCUT2D eigenvalue weighted by molar-refractivity contribution is 0.174. The molecule has 5 heteroatoms. The molecule has 0 saturated carbocycles. The summed E-state index contributed by atoms with van der Waals surface area (Å²) in [7, 11) is 1.99. The molecular weight excluding hydrogens is 308 g/mol. The van der Waals surface area contributed by atoms with Crippen LogP contribution in [0.1, 0.15) is 5.56 Å². The lowest BCUT2D eigenvalue weighted by Gasteiger charge is -2.20. The molecule has 0 unspecified atom stereocenters. The summed E-state index contributed by atoms with van der Waals surface area (Å²) in [6, 6.07) is 7.93. The Kier molecular flexibility index (Phi) is 3.06. The molecular formula is C14H13BrN2O2. The van der Waals surface area contributed by atoms with Crippen LogP contribution in [0, 0.1) is 6.92 Å². The molecule has 0 fully saturated rings. The third-order valence-corrected chi connectivity index (χ3v) is 3.51. The molecule has 0 atom stereocenters. The molecule has 1 aromatic heterocycles. The van der Waals surface area contributed by atoms with Crippen molar-refractivity contribution in [2.45, 2.75) is 6.92 Å². The van der Waals surface area contributed by atoms with Gasteiger partial charge in [0.15, 0.2) is 11.5 Å². The van der Waals surface area contributed by atoms with Crippen LogP contribution in [-0.2, 0) is 0 Å². The minimum absolute atomic E-state index is 0.290. The quantitative estimate of drug-likeness (QED) is 0.846. The molecule has 4 nitrogen and oxygen atoms in total. The SMILES string of the molecule is Cc1cc(Br)cnc1N(C)c1ccc2c(c1)OCO2. The number of pyridine rings is 1. The molecule has 98 valence electrons. The van der Waals surface area contributed by atoms with Gasteiger partial charge < -0.3 is 14.4 Å². The second kappa shape index (κ2) is 4.74. The number of aromatic nitrogens is 1. The van der Waals surface area contributed by atoms with E-state index in [0.717, 1.165) is 33.0 Å². The van der Waals surface area contributed by atoms with Gasteiger partial charge in [0.2, 0.25) is 6.79 Å². The van der Waals surface area contributed by atoms with Crippen LogP contribution in [0.25, 0.3) is 0 Å². The standard InChI is InChI=1S/C14H13BrN2O2/c1-9-5-10(15)7-16-14(9)17(2)11-3-4-12-13(6-11)19-8-18-12/h3-7H,8H2,1-2H3. The molecule has 0 aliphatic carbocycles. The smallest absolute Gasteiger partial charge is 0.231 e. The van der Waals surface area contributed by atoms with Gasteiger partial charge in [-0.3, -0.25) is 0 Å². The molecule has 0 spiro atoms. The zero-order valence-corrected chi connectivity index (χ0v) is 12.3. The highest BCUT2D eigenvalue weighted by molar-refractivity contribution is 9.10. The highest BCUT2D eigenvalue weighted by Crippen LogP contribution is 2.37. The zero-order valence-electron chi connectivity index (χ0n) is 10.7. The molecule has 19 heavy (non-hydrogen) atoms. The van der Waals surface area contributed by atoms with E-state index in [9.17, 15) is 0 Å². The van der Waals surface area contributed by atoms with Crippen LogP contribution in [0.5, 0.6) is 11.5 Å². The first kappa shape index (κ1) is 12.3. The summed E-state index contributed by atoms with van der Waals surface area (Å²) < 4.78 is 11.7. The highest BCUT2D eigenvalue weighted by Gasteiger charge is 2.16. The summed E-state index contributed by atoms with van der Waals surface area (Å²) in [5, 5.41) is 0. The van der Waals surface area contributed by atoms with E-state index in [4.69, 9.17) is 9.47 Å². The van der Waals surface area contributed by atoms with Crippen molar-refractivity contribution < 1.29 is 9.47 Å². The van der Waals surface area contributed by atoms with E-state index in [0.29, 0.717) is 0 Å². The Balaban J connectivity index is 1.97. The molecule has 1 aliphatic rings. The molecule has 1 aliphatic heterocycles. The fraction of sp³-hybridized carbons (Fsp3) is 0.214. The minimum atomic E-state index is 0.290. The number of hydrogen-bond donors (Lipinski definition) is 0. The van der Waals surface area contributed by atoms with Crippen LogP contribution in [0.4, 0.5) is 11.5 Å². The Hall–Kier alpha value is -1.75. The minimum Gasteiger partial charge on any atom is -0.454 e. The Morgan fingerprint density at radius 3 is 2.79 bits per heavy atom. The van der Waals surface area contributed by atoms with Gasteiger partial charge in [0, 0.05) is 29.5 Å². The maximum absolute atomic E-state index is 5.40. The van der Waals surface area contributed by atoms with Crippen molar-refractivity contribution in [1.29, 1.82) is 0 Å². The van der Waals surface area contributed by atoms with Gasteiger partial charge in [-0.25, -0.2) is 4.98 Å². The summed E-state index contributed by atoms with van der Waals surface area (Å²) in [5.74, 6) is 2.49. The Morgan fingerprint density at radius 2 is 2.00 bits per heavy atom. The average Bonchev–Trinajstić information content (AvgIpc) is 2.85. The van der Waals surface area contributed by atoms with Gasteiger partial charge in [0.25, 0.3) is 0 Å². The van der Waals surface area contributed by atoms with Gasteiger partial charge in [0.1, 0.15) is 5.82 Å². The first-order valence-corrected chi connectivity index (χ1v) is 6.70. The molecule has 0 radical (unpaired) electrons.